The maximum atomic E-state index is 13.5. The zero-order chi connectivity index (χ0) is 12.8. The fourth-order valence-electron chi connectivity index (χ4n) is 1.61. The molecule has 0 aliphatic heterocycles. The SMILES string of the molecule is CCOC(CC)C(=O)Cc1ccc(Br)cc1F. The van der Waals surface area contributed by atoms with Gasteiger partial charge in [0.25, 0.3) is 0 Å². The third-order valence-electron chi connectivity index (χ3n) is 2.48. The Bertz CT molecular complexity index is 393. The zero-order valence-electron chi connectivity index (χ0n) is 10.0. The van der Waals surface area contributed by atoms with E-state index < -0.39 is 6.10 Å². The van der Waals surface area contributed by atoms with Gasteiger partial charge in [0.05, 0.1) is 0 Å². The molecule has 1 aromatic rings. The van der Waals surface area contributed by atoms with Crippen molar-refractivity contribution in [3.05, 3.63) is 34.1 Å². The van der Waals surface area contributed by atoms with Gasteiger partial charge in [-0.25, -0.2) is 4.39 Å². The molecule has 0 fully saturated rings. The first-order valence-corrected chi connectivity index (χ1v) is 6.46. The van der Waals surface area contributed by atoms with E-state index in [1.165, 1.54) is 6.07 Å². The molecule has 1 aromatic carbocycles. The third kappa shape index (κ3) is 4.21. The molecule has 0 saturated carbocycles. The van der Waals surface area contributed by atoms with Crippen LogP contribution in [0, 0.1) is 5.82 Å². The predicted molar refractivity (Wildman–Crippen MR) is 68.5 cm³/mol. The van der Waals surface area contributed by atoms with E-state index in [-0.39, 0.29) is 18.0 Å². The summed E-state index contributed by atoms with van der Waals surface area (Å²) in [5, 5.41) is 0. The highest BCUT2D eigenvalue weighted by Crippen LogP contribution is 2.17. The normalized spacial score (nSPS) is 12.5. The Morgan fingerprint density at radius 3 is 2.71 bits per heavy atom. The van der Waals surface area contributed by atoms with E-state index in [2.05, 4.69) is 15.9 Å². The molecule has 0 spiro atoms. The number of benzene rings is 1. The predicted octanol–water partition coefficient (Wildman–Crippen LogP) is 3.51. The van der Waals surface area contributed by atoms with Crippen molar-refractivity contribution in [3.63, 3.8) is 0 Å². The molecule has 0 aliphatic carbocycles. The van der Waals surface area contributed by atoms with Gasteiger partial charge < -0.3 is 4.74 Å². The van der Waals surface area contributed by atoms with E-state index in [4.69, 9.17) is 4.74 Å². The van der Waals surface area contributed by atoms with Crippen LogP contribution in [0.3, 0.4) is 0 Å². The Hall–Kier alpha value is -0.740. The number of carbonyl (C=O) groups excluding carboxylic acids is 1. The van der Waals surface area contributed by atoms with E-state index in [1.54, 1.807) is 12.1 Å². The second-order valence-electron chi connectivity index (χ2n) is 3.73. The quantitative estimate of drug-likeness (QED) is 0.804. The highest BCUT2D eigenvalue weighted by molar-refractivity contribution is 9.10. The summed E-state index contributed by atoms with van der Waals surface area (Å²) in [5.74, 6) is -0.436. The number of ketones is 1. The molecule has 0 amide bonds. The van der Waals surface area contributed by atoms with Crippen LogP contribution in [0.15, 0.2) is 22.7 Å². The van der Waals surface area contributed by atoms with Gasteiger partial charge in [-0.05, 0) is 31.0 Å². The van der Waals surface area contributed by atoms with Gasteiger partial charge in [-0.1, -0.05) is 28.9 Å². The molecule has 0 bridgehead atoms. The first kappa shape index (κ1) is 14.3. The summed E-state index contributed by atoms with van der Waals surface area (Å²) in [6.45, 7) is 4.22. The van der Waals surface area contributed by atoms with Crippen molar-refractivity contribution in [1.82, 2.24) is 0 Å². The van der Waals surface area contributed by atoms with Crippen molar-refractivity contribution in [2.24, 2.45) is 0 Å². The van der Waals surface area contributed by atoms with E-state index in [0.717, 1.165) is 0 Å². The number of Topliss-reactive ketones (excluding diaryl/α,β-unsaturated/α-hetero) is 1. The molecule has 0 aliphatic rings. The molecule has 0 saturated heterocycles. The molecule has 1 unspecified atom stereocenters. The van der Waals surface area contributed by atoms with Crippen molar-refractivity contribution in [2.75, 3.05) is 6.61 Å². The maximum Gasteiger partial charge on any atom is 0.165 e. The standard InChI is InChI=1S/C13H16BrFO2/c1-3-13(17-4-2)12(16)7-9-5-6-10(14)8-11(9)15/h5-6,8,13H,3-4,7H2,1-2H3. The Morgan fingerprint density at radius 2 is 2.18 bits per heavy atom. The number of ether oxygens (including phenoxy) is 1. The second-order valence-corrected chi connectivity index (χ2v) is 4.65. The Morgan fingerprint density at radius 1 is 1.47 bits per heavy atom. The van der Waals surface area contributed by atoms with E-state index in [1.807, 2.05) is 13.8 Å². The van der Waals surface area contributed by atoms with Gasteiger partial charge in [-0.15, -0.1) is 0 Å². The van der Waals surface area contributed by atoms with Crippen LogP contribution in [0.1, 0.15) is 25.8 Å². The van der Waals surface area contributed by atoms with E-state index >= 15 is 0 Å². The van der Waals surface area contributed by atoms with Crippen molar-refractivity contribution in [2.45, 2.75) is 32.8 Å². The Balaban J connectivity index is 2.73. The zero-order valence-corrected chi connectivity index (χ0v) is 11.6. The minimum Gasteiger partial charge on any atom is -0.371 e. The van der Waals surface area contributed by atoms with Gasteiger partial charge in [0.15, 0.2) is 5.78 Å². The molecule has 4 heteroatoms. The van der Waals surface area contributed by atoms with Crippen molar-refractivity contribution >= 4 is 21.7 Å². The van der Waals surface area contributed by atoms with Crippen molar-refractivity contribution < 1.29 is 13.9 Å². The van der Waals surface area contributed by atoms with Crippen LogP contribution in [-0.4, -0.2) is 18.5 Å². The minimum atomic E-state index is -0.428. The Kier molecular flexibility index (Phi) is 5.78. The highest BCUT2D eigenvalue weighted by atomic mass is 79.9. The van der Waals surface area contributed by atoms with Gasteiger partial charge in [0.1, 0.15) is 11.9 Å². The maximum absolute atomic E-state index is 13.5. The average molecular weight is 303 g/mol. The topological polar surface area (TPSA) is 26.3 Å². The van der Waals surface area contributed by atoms with Crippen LogP contribution in [0.25, 0.3) is 0 Å². The molecule has 94 valence electrons. The molecule has 2 nitrogen and oxygen atoms in total. The average Bonchev–Trinajstić information content (AvgIpc) is 2.29. The van der Waals surface area contributed by atoms with Crippen molar-refractivity contribution in [1.29, 1.82) is 0 Å². The molecular weight excluding hydrogens is 287 g/mol. The minimum absolute atomic E-state index is 0.0735. The lowest BCUT2D eigenvalue weighted by molar-refractivity contribution is -0.129. The number of carbonyl (C=O) groups is 1. The van der Waals surface area contributed by atoms with Gasteiger partial charge in [0, 0.05) is 17.5 Å². The van der Waals surface area contributed by atoms with Crippen LogP contribution < -0.4 is 0 Å². The van der Waals surface area contributed by atoms with Gasteiger partial charge in [0.2, 0.25) is 0 Å². The second kappa shape index (κ2) is 6.87. The summed E-state index contributed by atoms with van der Waals surface area (Å²) in [7, 11) is 0. The number of hydrogen-bond acceptors (Lipinski definition) is 2. The summed E-state index contributed by atoms with van der Waals surface area (Å²) in [6.07, 6.45) is 0.269. The van der Waals surface area contributed by atoms with Gasteiger partial charge in [-0.3, -0.25) is 4.79 Å². The first-order chi connectivity index (χ1) is 8.08. The summed E-state index contributed by atoms with van der Waals surface area (Å²) >= 11 is 3.18. The van der Waals surface area contributed by atoms with Crippen molar-refractivity contribution in [3.8, 4) is 0 Å². The summed E-state index contributed by atoms with van der Waals surface area (Å²) in [6, 6.07) is 4.72. The monoisotopic (exact) mass is 302 g/mol. The smallest absolute Gasteiger partial charge is 0.165 e. The first-order valence-electron chi connectivity index (χ1n) is 5.66. The lowest BCUT2D eigenvalue weighted by Gasteiger charge is -2.13. The summed E-state index contributed by atoms with van der Waals surface area (Å²) < 4.78 is 19.5. The lowest BCUT2D eigenvalue weighted by atomic mass is 10.0. The van der Waals surface area contributed by atoms with Gasteiger partial charge in [-0.2, -0.15) is 0 Å². The molecular formula is C13H16BrFO2. The van der Waals surface area contributed by atoms with Crippen LogP contribution >= 0.6 is 15.9 Å². The molecule has 17 heavy (non-hydrogen) atoms. The van der Waals surface area contributed by atoms with Crippen LogP contribution in [0.2, 0.25) is 0 Å². The highest BCUT2D eigenvalue weighted by Gasteiger charge is 2.18. The number of halogens is 2. The van der Waals surface area contributed by atoms with Crippen LogP contribution in [-0.2, 0) is 16.0 Å². The van der Waals surface area contributed by atoms with Crippen LogP contribution in [0.5, 0.6) is 0 Å². The van der Waals surface area contributed by atoms with E-state index in [9.17, 15) is 9.18 Å². The molecule has 1 atom stereocenters. The fraction of sp³-hybridized carbons (Fsp3) is 0.462. The van der Waals surface area contributed by atoms with Gasteiger partial charge >= 0.3 is 0 Å². The molecule has 1 rings (SSSR count). The lowest BCUT2D eigenvalue weighted by Crippen LogP contribution is -2.25. The number of hydrogen-bond donors (Lipinski definition) is 0. The van der Waals surface area contributed by atoms with E-state index in [0.29, 0.717) is 23.1 Å². The van der Waals surface area contributed by atoms with Crippen LogP contribution in [0.4, 0.5) is 4.39 Å². The largest absolute Gasteiger partial charge is 0.371 e. The molecule has 0 heterocycles. The Labute approximate surface area is 109 Å². The molecule has 0 aromatic heterocycles. The number of rotatable bonds is 6. The molecule has 0 radical (unpaired) electrons. The summed E-state index contributed by atoms with van der Waals surface area (Å²) in [5.41, 5.74) is 0.413. The summed E-state index contributed by atoms with van der Waals surface area (Å²) in [4.78, 5) is 11.9. The fourth-order valence-corrected chi connectivity index (χ4v) is 1.94. The third-order valence-corrected chi connectivity index (χ3v) is 2.97. The molecule has 0 N–H and O–H groups in total.